The molecule has 0 unspecified atom stereocenters. The van der Waals surface area contributed by atoms with E-state index in [1.165, 1.54) is 40.8 Å². The van der Waals surface area contributed by atoms with Crippen LogP contribution in [0.4, 0.5) is 0 Å². The molecule has 2 heterocycles. The number of fused-ring (bicyclic) bond motifs is 1. The maximum absolute atomic E-state index is 5.53. The maximum atomic E-state index is 5.53. The highest BCUT2D eigenvalue weighted by molar-refractivity contribution is 7.10. The summed E-state index contributed by atoms with van der Waals surface area (Å²) in [5, 5.41) is 3.17. The summed E-state index contributed by atoms with van der Waals surface area (Å²) in [4.78, 5) is 7.24. The molecule has 130 valence electrons. The fourth-order valence-electron chi connectivity index (χ4n) is 3.75. The summed E-state index contributed by atoms with van der Waals surface area (Å²) in [6, 6.07) is 17.8. The normalized spacial score (nSPS) is 16.6. The largest absolute Gasteiger partial charge is 0.497 e. The minimum absolute atomic E-state index is 0.628. The second-order valence-electron chi connectivity index (χ2n) is 6.81. The molecule has 1 aromatic heterocycles. The van der Waals surface area contributed by atoms with Crippen LogP contribution in [0.5, 0.6) is 5.75 Å². The third kappa shape index (κ3) is 2.61. The highest BCUT2D eigenvalue weighted by atomic mass is 32.1. The number of methoxy groups -OCH3 is 1. The first-order chi connectivity index (χ1) is 12.8. The minimum Gasteiger partial charge on any atom is -0.497 e. The first-order valence-corrected chi connectivity index (χ1v) is 9.86. The van der Waals surface area contributed by atoms with Crippen molar-refractivity contribution in [2.45, 2.75) is 25.4 Å². The van der Waals surface area contributed by atoms with E-state index in [4.69, 9.17) is 4.74 Å². The molecule has 1 aliphatic carbocycles. The Morgan fingerprint density at radius 3 is 2.65 bits per heavy atom. The number of aromatic nitrogens is 1. The highest BCUT2D eigenvalue weighted by Gasteiger charge is 2.37. The van der Waals surface area contributed by atoms with Crippen LogP contribution in [-0.4, -0.2) is 23.0 Å². The maximum Gasteiger partial charge on any atom is 0.140 e. The Morgan fingerprint density at radius 2 is 1.96 bits per heavy atom. The van der Waals surface area contributed by atoms with Crippen molar-refractivity contribution in [1.29, 1.82) is 0 Å². The minimum atomic E-state index is 0.628. The van der Waals surface area contributed by atoms with Crippen LogP contribution in [0.25, 0.3) is 11.3 Å². The molecule has 3 aromatic rings. The molecule has 1 aliphatic heterocycles. The topological polar surface area (TPSA) is 25.4 Å². The lowest BCUT2D eigenvalue weighted by Crippen LogP contribution is -2.29. The van der Waals surface area contributed by atoms with Gasteiger partial charge in [0.2, 0.25) is 0 Å². The van der Waals surface area contributed by atoms with Crippen molar-refractivity contribution in [3.63, 3.8) is 0 Å². The Hall–Kier alpha value is -2.59. The SMILES string of the molecule is COc1ccc2c(c1)C(c1ccccc1)=C(c1nccs1)N(C1CC1)C2. The molecule has 0 amide bonds. The number of rotatable bonds is 4. The van der Waals surface area contributed by atoms with E-state index in [1.54, 1.807) is 18.4 Å². The van der Waals surface area contributed by atoms with Crippen LogP contribution in [0.2, 0.25) is 0 Å². The van der Waals surface area contributed by atoms with Gasteiger partial charge in [-0.3, -0.25) is 0 Å². The molecule has 0 N–H and O–H groups in total. The molecule has 1 saturated carbocycles. The van der Waals surface area contributed by atoms with Crippen LogP contribution in [-0.2, 0) is 6.54 Å². The third-order valence-electron chi connectivity index (χ3n) is 5.14. The van der Waals surface area contributed by atoms with E-state index in [0.717, 1.165) is 17.3 Å². The van der Waals surface area contributed by atoms with Crippen molar-refractivity contribution >= 4 is 22.6 Å². The summed E-state index contributed by atoms with van der Waals surface area (Å²) in [5.74, 6) is 0.899. The van der Waals surface area contributed by atoms with E-state index in [1.807, 2.05) is 6.20 Å². The number of hydrogen-bond donors (Lipinski definition) is 0. The molecular weight excluding hydrogens is 340 g/mol. The first kappa shape index (κ1) is 15.6. The van der Waals surface area contributed by atoms with Crippen LogP contribution >= 0.6 is 11.3 Å². The molecule has 1 fully saturated rings. The summed E-state index contributed by atoms with van der Waals surface area (Å²) in [6.07, 6.45) is 4.44. The summed E-state index contributed by atoms with van der Waals surface area (Å²) < 4.78 is 5.53. The summed E-state index contributed by atoms with van der Waals surface area (Å²) >= 11 is 1.72. The van der Waals surface area contributed by atoms with Crippen molar-refractivity contribution in [3.8, 4) is 5.75 Å². The van der Waals surface area contributed by atoms with Crippen molar-refractivity contribution in [1.82, 2.24) is 9.88 Å². The van der Waals surface area contributed by atoms with Crippen molar-refractivity contribution in [3.05, 3.63) is 81.8 Å². The molecule has 3 nitrogen and oxygen atoms in total. The molecule has 26 heavy (non-hydrogen) atoms. The van der Waals surface area contributed by atoms with Crippen LogP contribution in [0.15, 0.2) is 60.1 Å². The lowest BCUT2D eigenvalue weighted by atomic mass is 9.88. The fourth-order valence-corrected chi connectivity index (χ4v) is 4.46. The van der Waals surface area contributed by atoms with Crippen LogP contribution in [0.1, 0.15) is 34.5 Å². The Balaban J connectivity index is 1.82. The zero-order valence-corrected chi connectivity index (χ0v) is 15.5. The Bertz CT molecular complexity index is 959. The molecule has 0 bridgehead atoms. The second-order valence-corrected chi connectivity index (χ2v) is 7.70. The molecule has 0 atom stereocenters. The number of thiazole rings is 1. The molecule has 0 spiro atoms. The van der Waals surface area contributed by atoms with Crippen molar-refractivity contribution in [2.75, 3.05) is 7.11 Å². The Morgan fingerprint density at radius 1 is 1.12 bits per heavy atom. The van der Waals surface area contributed by atoms with Gasteiger partial charge in [-0.15, -0.1) is 11.3 Å². The fraction of sp³-hybridized carbons (Fsp3) is 0.227. The van der Waals surface area contributed by atoms with Gasteiger partial charge in [-0.2, -0.15) is 0 Å². The van der Waals surface area contributed by atoms with Gasteiger partial charge >= 0.3 is 0 Å². The number of nitrogens with zero attached hydrogens (tertiary/aromatic N) is 2. The highest BCUT2D eigenvalue weighted by Crippen LogP contribution is 2.46. The number of hydrogen-bond acceptors (Lipinski definition) is 4. The smallest absolute Gasteiger partial charge is 0.140 e. The third-order valence-corrected chi connectivity index (χ3v) is 5.92. The van der Waals surface area contributed by atoms with Gasteiger partial charge in [-0.1, -0.05) is 36.4 Å². The molecule has 4 heteroatoms. The van der Waals surface area contributed by atoms with E-state index in [0.29, 0.717) is 6.04 Å². The molecule has 0 radical (unpaired) electrons. The van der Waals surface area contributed by atoms with Gasteiger partial charge in [0.15, 0.2) is 0 Å². The standard InChI is InChI=1S/C22H20N2OS/c1-25-18-10-7-16-14-24(17-8-9-17)21(22-23-11-12-26-22)20(19(16)13-18)15-5-3-2-4-6-15/h2-7,10-13,17H,8-9,14H2,1H3. The van der Waals surface area contributed by atoms with E-state index < -0.39 is 0 Å². The van der Waals surface area contributed by atoms with E-state index in [-0.39, 0.29) is 0 Å². The van der Waals surface area contributed by atoms with Gasteiger partial charge in [-0.25, -0.2) is 4.98 Å². The zero-order valence-electron chi connectivity index (χ0n) is 14.7. The van der Waals surface area contributed by atoms with Gasteiger partial charge < -0.3 is 9.64 Å². The molecule has 5 rings (SSSR count). The average molecular weight is 360 g/mol. The lowest BCUT2D eigenvalue weighted by Gasteiger charge is -2.35. The summed E-state index contributed by atoms with van der Waals surface area (Å²) in [6.45, 7) is 0.940. The zero-order chi connectivity index (χ0) is 17.5. The van der Waals surface area contributed by atoms with Crippen LogP contribution in [0, 0.1) is 0 Å². The van der Waals surface area contributed by atoms with Gasteiger partial charge in [0.25, 0.3) is 0 Å². The Labute approximate surface area is 157 Å². The molecule has 0 saturated heterocycles. The number of benzene rings is 2. The van der Waals surface area contributed by atoms with Gasteiger partial charge in [0.1, 0.15) is 10.8 Å². The second kappa shape index (κ2) is 6.29. The van der Waals surface area contributed by atoms with Crippen LogP contribution in [0.3, 0.4) is 0 Å². The van der Waals surface area contributed by atoms with Crippen LogP contribution < -0.4 is 4.74 Å². The first-order valence-electron chi connectivity index (χ1n) is 8.98. The monoisotopic (exact) mass is 360 g/mol. The average Bonchev–Trinajstić information content (AvgIpc) is 3.41. The predicted molar refractivity (Wildman–Crippen MR) is 106 cm³/mol. The van der Waals surface area contributed by atoms with E-state index in [9.17, 15) is 0 Å². The predicted octanol–water partition coefficient (Wildman–Crippen LogP) is 5.05. The van der Waals surface area contributed by atoms with Crippen molar-refractivity contribution in [2.24, 2.45) is 0 Å². The molecule has 2 aromatic carbocycles. The van der Waals surface area contributed by atoms with Gasteiger partial charge in [-0.05, 0) is 41.7 Å². The lowest BCUT2D eigenvalue weighted by molar-refractivity contribution is 0.375. The Kier molecular flexibility index (Phi) is 3.79. The quantitative estimate of drug-likeness (QED) is 0.651. The van der Waals surface area contributed by atoms with Gasteiger partial charge in [0.05, 0.1) is 12.8 Å². The van der Waals surface area contributed by atoms with Crippen molar-refractivity contribution < 1.29 is 4.74 Å². The summed E-state index contributed by atoms with van der Waals surface area (Å²) in [5.41, 5.74) is 6.40. The van der Waals surface area contributed by atoms with E-state index in [2.05, 4.69) is 63.8 Å². The molecular formula is C22H20N2OS. The molecule has 2 aliphatic rings. The number of ether oxygens (including phenoxy) is 1. The van der Waals surface area contributed by atoms with E-state index >= 15 is 0 Å². The summed E-state index contributed by atoms with van der Waals surface area (Å²) in [7, 11) is 1.73. The van der Waals surface area contributed by atoms with Gasteiger partial charge in [0, 0.05) is 29.7 Å².